The molecule has 0 aliphatic carbocycles. The zero-order valence-corrected chi connectivity index (χ0v) is 8.22. The predicted molar refractivity (Wildman–Crippen MR) is 53.6 cm³/mol. The molecule has 0 rings (SSSR count). The van der Waals surface area contributed by atoms with Crippen LogP contribution in [0.5, 0.6) is 0 Å². The number of hydrogen-bond donors (Lipinski definition) is 0. The van der Waals surface area contributed by atoms with Crippen molar-refractivity contribution in [3.8, 4) is 0 Å². The maximum absolute atomic E-state index is 4.90. The molecule has 0 atom stereocenters. The van der Waals surface area contributed by atoms with Crippen molar-refractivity contribution >= 4 is 0 Å². The highest BCUT2D eigenvalue weighted by Crippen LogP contribution is 2.07. The van der Waals surface area contributed by atoms with Crippen molar-refractivity contribution < 1.29 is 4.74 Å². The fraction of sp³-hybridized carbons (Fsp3) is 0.727. The number of hydrogen-bond acceptors (Lipinski definition) is 1. The van der Waals surface area contributed by atoms with Crippen molar-refractivity contribution in [2.24, 2.45) is 0 Å². The van der Waals surface area contributed by atoms with Crippen molar-refractivity contribution in [3.05, 3.63) is 19.4 Å². The summed E-state index contributed by atoms with van der Waals surface area (Å²) < 4.78 is 4.90. The van der Waals surface area contributed by atoms with E-state index in [9.17, 15) is 0 Å². The van der Waals surface area contributed by atoms with Gasteiger partial charge in [0.1, 0.15) is 6.61 Å². The van der Waals surface area contributed by atoms with Gasteiger partial charge in [-0.2, -0.15) is 0 Å². The molecule has 0 saturated heterocycles. The topological polar surface area (TPSA) is 9.23 Å². The minimum Gasteiger partial charge on any atom is -0.495 e. The Balaban J connectivity index is 2.77. The molecule has 0 bridgehead atoms. The first-order valence-electron chi connectivity index (χ1n) is 5.00. The summed E-state index contributed by atoms with van der Waals surface area (Å²) in [5, 5.41) is 0. The summed E-state index contributed by atoms with van der Waals surface area (Å²) in [4.78, 5) is 0. The van der Waals surface area contributed by atoms with Crippen LogP contribution in [0.4, 0.5) is 0 Å². The van der Waals surface area contributed by atoms with Crippen LogP contribution in [0.25, 0.3) is 0 Å². The molecule has 0 aromatic rings. The van der Waals surface area contributed by atoms with Gasteiger partial charge < -0.3 is 4.74 Å². The second kappa shape index (κ2) is 10.5. The first kappa shape index (κ1) is 11.5. The molecule has 0 N–H and O–H groups in total. The molecule has 0 saturated carbocycles. The Morgan fingerprint density at radius 1 is 1.08 bits per heavy atom. The zero-order valence-electron chi connectivity index (χ0n) is 8.22. The molecule has 0 aromatic carbocycles. The zero-order chi connectivity index (χ0) is 9.07. The molecule has 12 heavy (non-hydrogen) atoms. The van der Waals surface area contributed by atoms with E-state index in [0.29, 0.717) is 0 Å². The Labute approximate surface area is 76.8 Å². The predicted octanol–water partition coefficient (Wildman–Crippen LogP) is 4.06. The molecule has 0 heterocycles. The summed E-state index contributed by atoms with van der Waals surface area (Å²) in [6, 6.07) is 0. The highest BCUT2D eigenvalue weighted by Gasteiger charge is 1.90. The van der Waals surface area contributed by atoms with Crippen LogP contribution < -0.4 is 0 Å². The highest BCUT2D eigenvalue weighted by molar-refractivity contribution is 4.58. The molecular formula is C11H21O. The molecule has 71 valence electrons. The lowest BCUT2D eigenvalue weighted by atomic mass is 10.1. The van der Waals surface area contributed by atoms with Crippen LogP contribution in [-0.2, 0) is 4.74 Å². The van der Waals surface area contributed by atoms with Gasteiger partial charge in [-0.15, -0.1) is 0 Å². The number of ether oxygens (including phenoxy) is 1. The van der Waals surface area contributed by atoms with Gasteiger partial charge in [0.25, 0.3) is 0 Å². The number of unbranched alkanes of at least 4 members (excludes halogenated alkanes) is 6. The quantitative estimate of drug-likeness (QED) is 0.373. The van der Waals surface area contributed by atoms with Crippen molar-refractivity contribution in [1.82, 2.24) is 0 Å². The van der Waals surface area contributed by atoms with Crippen molar-refractivity contribution in [3.63, 3.8) is 0 Å². The molecule has 1 nitrogen and oxygen atoms in total. The third-order valence-corrected chi connectivity index (χ3v) is 1.87. The molecule has 1 heteroatoms. The normalized spacial score (nSPS) is 9.75. The lowest BCUT2D eigenvalue weighted by Crippen LogP contribution is -1.81. The third-order valence-electron chi connectivity index (χ3n) is 1.87. The molecule has 0 unspecified atom stereocenters. The SMILES string of the molecule is C=CO[CH]CCCCCCCC. The maximum atomic E-state index is 4.90. The Morgan fingerprint density at radius 3 is 2.42 bits per heavy atom. The fourth-order valence-electron chi connectivity index (χ4n) is 1.14. The average Bonchev–Trinajstić information content (AvgIpc) is 2.10. The van der Waals surface area contributed by atoms with E-state index < -0.39 is 0 Å². The Bertz CT molecular complexity index is 89.0. The summed E-state index contributed by atoms with van der Waals surface area (Å²) in [6.45, 7) is 7.53. The van der Waals surface area contributed by atoms with Crippen LogP contribution in [0, 0.1) is 6.61 Å². The lowest BCUT2D eigenvalue weighted by molar-refractivity contribution is 0.317. The highest BCUT2D eigenvalue weighted by atomic mass is 16.5. The molecule has 0 aromatic heterocycles. The summed E-state index contributed by atoms with van der Waals surface area (Å²) in [6.07, 6.45) is 10.6. The molecule has 1 radical (unpaired) electrons. The largest absolute Gasteiger partial charge is 0.495 e. The van der Waals surface area contributed by atoms with E-state index in [1.165, 1.54) is 44.8 Å². The molecule has 0 aliphatic rings. The van der Waals surface area contributed by atoms with Crippen molar-refractivity contribution in [1.29, 1.82) is 0 Å². The lowest BCUT2D eigenvalue weighted by Gasteiger charge is -1.99. The monoisotopic (exact) mass is 169 g/mol. The van der Waals surface area contributed by atoms with Crippen LogP contribution in [-0.4, -0.2) is 0 Å². The van der Waals surface area contributed by atoms with Crippen LogP contribution in [0.1, 0.15) is 51.9 Å². The third kappa shape index (κ3) is 9.54. The summed E-state index contributed by atoms with van der Waals surface area (Å²) >= 11 is 0. The van der Waals surface area contributed by atoms with E-state index in [1.54, 1.807) is 0 Å². The second-order valence-electron chi connectivity index (χ2n) is 3.03. The minimum absolute atomic E-state index is 1.05. The Morgan fingerprint density at radius 2 is 1.75 bits per heavy atom. The fourth-order valence-corrected chi connectivity index (χ4v) is 1.14. The first-order chi connectivity index (χ1) is 5.91. The maximum Gasteiger partial charge on any atom is 0.134 e. The summed E-state index contributed by atoms with van der Waals surface area (Å²) in [5.74, 6) is 0. The molecular weight excluding hydrogens is 148 g/mol. The first-order valence-corrected chi connectivity index (χ1v) is 5.00. The van der Waals surface area contributed by atoms with Crippen molar-refractivity contribution in [2.75, 3.05) is 0 Å². The van der Waals surface area contributed by atoms with Gasteiger partial charge in [0.2, 0.25) is 0 Å². The van der Waals surface area contributed by atoms with Crippen molar-refractivity contribution in [2.45, 2.75) is 51.9 Å². The number of rotatable bonds is 9. The van der Waals surface area contributed by atoms with Gasteiger partial charge in [0.05, 0.1) is 6.26 Å². The van der Waals surface area contributed by atoms with E-state index in [-0.39, 0.29) is 0 Å². The summed E-state index contributed by atoms with van der Waals surface area (Å²) in [5.41, 5.74) is 0. The molecule has 0 spiro atoms. The van der Waals surface area contributed by atoms with Gasteiger partial charge in [-0.1, -0.05) is 45.6 Å². The average molecular weight is 169 g/mol. The Hall–Kier alpha value is -0.460. The second-order valence-corrected chi connectivity index (χ2v) is 3.03. The van der Waals surface area contributed by atoms with E-state index >= 15 is 0 Å². The van der Waals surface area contributed by atoms with Crippen LogP contribution in [0.2, 0.25) is 0 Å². The smallest absolute Gasteiger partial charge is 0.134 e. The molecule has 0 aliphatic heterocycles. The van der Waals surface area contributed by atoms with E-state index in [0.717, 1.165) is 6.42 Å². The van der Waals surface area contributed by atoms with Gasteiger partial charge in [-0.3, -0.25) is 0 Å². The van der Waals surface area contributed by atoms with E-state index in [2.05, 4.69) is 13.5 Å². The molecule has 0 fully saturated rings. The van der Waals surface area contributed by atoms with Gasteiger partial charge in [-0.05, 0) is 12.8 Å². The minimum atomic E-state index is 1.05. The van der Waals surface area contributed by atoms with E-state index in [4.69, 9.17) is 4.74 Å². The molecule has 0 amide bonds. The van der Waals surface area contributed by atoms with Gasteiger partial charge >= 0.3 is 0 Å². The standard InChI is InChI=1S/C11H21O/c1-3-5-6-7-8-9-10-11-12-4-2/h4,11H,2-3,5-10H2,1H3. The van der Waals surface area contributed by atoms with Gasteiger partial charge in [0.15, 0.2) is 0 Å². The van der Waals surface area contributed by atoms with Crippen LogP contribution >= 0.6 is 0 Å². The Kier molecular flexibility index (Phi) is 10.1. The van der Waals surface area contributed by atoms with Gasteiger partial charge in [-0.25, -0.2) is 0 Å². The van der Waals surface area contributed by atoms with Crippen LogP contribution in [0.15, 0.2) is 12.8 Å². The van der Waals surface area contributed by atoms with E-state index in [1.807, 2.05) is 6.61 Å². The van der Waals surface area contributed by atoms with Gasteiger partial charge in [0, 0.05) is 0 Å². The summed E-state index contributed by atoms with van der Waals surface area (Å²) in [7, 11) is 0. The van der Waals surface area contributed by atoms with Crippen LogP contribution in [0.3, 0.4) is 0 Å².